The number of nitrogens with two attached hydrogens (primary N) is 1. The Kier molecular flexibility index (Phi) is 5.71. The van der Waals surface area contributed by atoms with Crippen molar-refractivity contribution in [2.45, 2.75) is 62.1 Å². The van der Waals surface area contributed by atoms with Gasteiger partial charge in [0.25, 0.3) is 5.56 Å². The molecular weight excluding hydrogens is 477 g/mol. The number of nitrogens with one attached hydrogen (secondary N) is 1. The summed E-state index contributed by atoms with van der Waals surface area (Å²) in [5, 5.41) is 0. The van der Waals surface area contributed by atoms with Gasteiger partial charge in [-0.1, -0.05) is 6.92 Å². The molecule has 1 aromatic heterocycles. The number of hydrogen-bond donors (Lipinski definition) is 2. The number of halogens is 7. The van der Waals surface area contributed by atoms with Crippen LogP contribution in [0.15, 0.2) is 15.4 Å². The predicted molar refractivity (Wildman–Crippen MR) is 106 cm³/mol. The van der Waals surface area contributed by atoms with Crippen molar-refractivity contribution in [3.05, 3.63) is 37.9 Å². The number of hydrogen-bond acceptors (Lipinski definition) is 5. The summed E-state index contributed by atoms with van der Waals surface area (Å²) in [5.74, 6) is -4.52. The number of H-pyrrole nitrogens is 1. The van der Waals surface area contributed by atoms with E-state index in [0.717, 1.165) is 12.0 Å². The number of aromatic nitrogens is 2. The molecule has 0 amide bonds. The first-order chi connectivity index (χ1) is 15.6. The maximum Gasteiger partial charge on any atom is 0.415 e. The third-order valence-corrected chi connectivity index (χ3v) is 7.10. The highest BCUT2D eigenvalue weighted by Crippen LogP contribution is 2.50. The molecule has 0 aromatic carbocycles. The summed E-state index contributed by atoms with van der Waals surface area (Å²) < 4.78 is 103. The smallest absolute Gasteiger partial charge is 0.415 e. The number of aromatic amines is 1. The SMILES string of the molecule is COC1=C(F)C(N2CCC(C(N)(C(F)(F)F)C(F)(F)F)C2)C(C)c2c1c(=O)[nH]c(=O)n2C1CC1. The molecular formula is C20H23F7N4O3. The van der Waals surface area contributed by atoms with Crippen molar-refractivity contribution >= 4 is 5.76 Å². The molecule has 2 aliphatic carbocycles. The molecule has 4 rings (SSSR count). The molecule has 1 saturated carbocycles. The van der Waals surface area contributed by atoms with Gasteiger partial charge in [0.15, 0.2) is 11.6 Å². The van der Waals surface area contributed by atoms with Crippen molar-refractivity contribution in [2.75, 3.05) is 20.2 Å². The first-order valence-corrected chi connectivity index (χ1v) is 10.6. The van der Waals surface area contributed by atoms with Gasteiger partial charge in [0, 0.05) is 30.1 Å². The molecule has 1 aliphatic heterocycles. The summed E-state index contributed by atoms with van der Waals surface area (Å²) in [4.78, 5) is 28.3. The summed E-state index contributed by atoms with van der Waals surface area (Å²) in [7, 11) is 1.09. The molecule has 0 bridgehead atoms. The molecule has 190 valence electrons. The van der Waals surface area contributed by atoms with Gasteiger partial charge in [-0.15, -0.1) is 0 Å². The van der Waals surface area contributed by atoms with Crippen molar-refractivity contribution in [2.24, 2.45) is 11.7 Å². The molecule has 3 atom stereocenters. The second-order valence-electron chi connectivity index (χ2n) is 9.08. The van der Waals surface area contributed by atoms with Crippen LogP contribution in [-0.2, 0) is 4.74 Å². The average molecular weight is 500 g/mol. The van der Waals surface area contributed by atoms with Crippen molar-refractivity contribution in [1.29, 1.82) is 0 Å². The molecule has 2 fully saturated rings. The van der Waals surface area contributed by atoms with Crippen LogP contribution in [0, 0.1) is 5.92 Å². The Hall–Kier alpha value is -2.35. The Bertz CT molecular complexity index is 1120. The van der Waals surface area contributed by atoms with Gasteiger partial charge in [-0.25, -0.2) is 9.18 Å². The zero-order valence-electron chi connectivity index (χ0n) is 18.2. The van der Waals surface area contributed by atoms with E-state index in [1.165, 1.54) is 11.5 Å². The van der Waals surface area contributed by atoms with Gasteiger partial charge in [0.2, 0.25) is 5.54 Å². The van der Waals surface area contributed by atoms with Crippen molar-refractivity contribution in [1.82, 2.24) is 14.5 Å². The Labute approximate surface area is 188 Å². The summed E-state index contributed by atoms with van der Waals surface area (Å²) in [5.41, 5.74) is -1.17. The van der Waals surface area contributed by atoms with E-state index in [1.54, 1.807) is 0 Å². The normalized spacial score (nSPS) is 26.7. The molecule has 3 N–H and O–H groups in total. The minimum atomic E-state index is -5.78. The fraction of sp³-hybridized carbons (Fsp3) is 0.700. The van der Waals surface area contributed by atoms with Crippen molar-refractivity contribution < 1.29 is 35.5 Å². The van der Waals surface area contributed by atoms with Crippen LogP contribution in [0.4, 0.5) is 30.7 Å². The van der Waals surface area contributed by atoms with Crippen LogP contribution in [0.1, 0.15) is 49.4 Å². The topological polar surface area (TPSA) is 93.3 Å². The lowest BCUT2D eigenvalue weighted by Crippen LogP contribution is -2.68. The Balaban J connectivity index is 1.78. The minimum absolute atomic E-state index is 0.147. The first kappa shape index (κ1) is 24.8. The first-order valence-electron chi connectivity index (χ1n) is 10.6. The molecule has 0 spiro atoms. The Morgan fingerprint density at radius 3 is 2.15 bits per heavy atom. The molecule has 0 radical (unpaired) electrons. The lowest BCUT2D eigenvalue weighted by molar-refractivity contribution is -0.310. The maximum absolute atomic E-state index is 15.6. The van der Waals surface area contributed by atoms with E-state index in [4.69, 9.17) is 10.5 Å². The van der Waals surface area contributed by atoms with Gasteiger partial charge in [-0.05, 0) is 25.8 Å². The second-order valence-corrected chi connectivity index (χ2v) is 9.08. The average Bonchev–Trinajstić information content (AvgIpc) is 3.43. The number of rotatable bonds is 4. The highest BCUT2D eigenvalue weighted by atomic mass is 19.4. The Morgan fingerprint density at radius 2 is 1.65 bits per heavy atom. The van der Waals surface area contributed by atoms with Crippen LogP contribution in [-0.4, -0.2) is 58.6 Å². The summed E-state index contributed by atoms with van der Waals surface area (Å²) >= 11 is 0. The van der Waals surface area contributed by atoms with E-state index < -0.39 is 71.6 Å². The summed E-state index contributed by atoms with van der Waals surface area (Å²) in [6, 6.07) is -1.59. The largest absolute Gasteiger partial charge is 0.493 e. The van der Waals surface area contributed by atoms with Crippen LogP contribution in [0.2, 0.25) is 0 Å². The monoisotopic (exact) mass is 500 g/mol. The van der Waals surface area contributed by atoms with Crippen LogP contribution in [0.5, 0.6) is 0 Å². The zero-order chi connectivity index (χ0) is 25.4. The van der Waals surface area contributed by atoms with Gasteiger partial charge >= 0.3 is 18.0 Å². The number of alkyl halides is 6. The second kappa shape index (κ2) is 7.83. The standard InChI is InChI=1S/C20H23F7N4O3/c1-8-13-11(16(32)29-17(33)31(13)10-3-4-10)15(34-2)12(21)14(8)30-6-5-9(7-30)18(28,19(22,23)24)20(25,26)27/h8-10,14H,3-7,28H2,1-2H3,(H,29,32,33). The number of ether oxygens (including phenoxy) is 1. The van der Waals surface area contributed by atoms with Gasteiger partial charge < -0.3 is 10.5 Å². The van der Waals surface area contributed by atoms with E-state index in [2.05, 4.69) is 4.98 Å². The van der Waals surface area contributed by atoms with Crippen LogP contribution >= 0.6 is 0 Å². The van der Waals surface area contributed by atoms with Crippen molar-refractivity contribution in [3.8, 4) is 0 Å². The van der Waals surface area contributed by atoms with Gasteiger partial charge in [-0.3, -0.25) is 19.2 Å². The summed E-state index contributed by atoms with van der Waals surface area (Å²) in [6.45, 7) is 0.381. The van der Waals surface area contributed by atoms with E-state index >= 15 is 4.39 Å². The molecule has 1 saturated heterocycles. The van der Waals surface area contributed by atoms with Crippen LogP contribution in [0.3, 0.4) is 0 Å². The van der Waals surface area contributed by atoms with Gasteiger partial charge in [-0.2, -0.15) is 26.3 Å². The zero-order valence-corrected chi connectivity index (χ0v) is 18.2. The third-order valence-electron chi connectivity index (χ3n) is 7.10. The van der Waals surface area contributed by atoms with Crippen LogP contribution in [0.25, 0.3) is 5.76 Å². The van der Waals surface area contributed by atoms with Crippen molar-refractivity contribution in [3.63, 3.8) is 0 Å². The van der Waals surface area contributed by atoms with Gasteiger partial charge in [0.05, 0.1) is 13.2 Å². The highest BCUT2D eigenvalue weighted by molar-refractivity contribution is 5.67. The lowest BCUT2D eigenvalue weighted by atomic mass is 9.82. The van der Waals surface area contributed by atoms with E-state index in [1.807, 2.05) is 0 Å². The molecule has 7 nitrogen and oxygen atoms in total. The lowest BCUT2D eigenvalue weighted by Gasteiger charge is -2.40. The number of nitrogens with zero attached hydrogens (tertiary/aromatic N) is 2. The molecule has 3 unspecified atom stereocenters. The van der Waals surface area contributed by atoms with Crippen LogP contribution < -0.4 is 17.0 Å². The third kappa shape index (κ3) is 3.48. The highest BCUT2D eigenvalue weighted by Gasteiger charge is 2.72. The number of fused-ring (bicyclic) bond motifs is 1. The molecule has 1 aromatic rings. The fourth-order valence-corrected chi connectivity index (χ4v) is 5.26. The minimum Gasteiger partial charge on any atom is -0.493 e. The molecule has 3 aliphatic rings. The fourth-order valence-electron chi connectivity index (χ4n) is 5.26. The van der Waals surface area contributed by atoms with E-state index in [9.17, 15) is 35.9 Å². The molecule has 14 heteroatoms. The van der Waals surface area contributed by atoms with Gasteiger partial charge in [0.1, 0.15) is 5.56 Å². The predicted octanol–water partition coefficient (Wildman–Crippen LogP) is 2.79. The van der Waals surface area contributed by atoms with E-state index in [-0.39, 0.29) is 23.8 Å². The number of methoxy groups -OCH3 is 1. The van der Waals surface area contributed by atoms with E-state index in [0.29, 0.717) is 12.8 Å². The molecule has 34 heavy (non-hydrogen) atoms. The number of likely N-dealkylation sites (tertiary alicyclic amines) is 1. The molecule has 2 heterocycles. The quantitative estimate of drug-likeness (QED) is 0.621. The maximum atomic E-state index is 15.6. The summed E-state index contributed by atoms with van der Waals surface area (Å²) in [6.07, 6.45) is -10.9. The Morgan fingerprint density at radius 1 is 1.06 bits per heavy atom.